The van der Waals surface area contributed by atoms with Gasteiger partial charge in [-0.2, -0.15) is 0 Å². The predicted octanol–water partition coefficient (Wildman–Crippen LogP) is 6.34. The van der Waals surface area contributed by atoms with Crippen molar-refractivity contribution in [2.45, 2.75) is 116 Å². The van der Waals surface area contributed by atoms with Crippen LogP contribution in [0.25, 0.3) is 0 Å². The van der Waals surface area contributed by atoms with Gasteiger partial charge in [0.25, 0.3) is 0 Å². The largest absolute Gasteiger partial charge is 0.463 e. The monoisotopic (exact) mass is 354 g/mol. The van der Waals surface area contributed by atoms with E-state index >= 15 is 0 Å². The van der Waals surface area contributed by atoms with Crippen molar-refractivity contribution >= 4 is 5.97 Å². The summed E-state index contributed by atoms with van der Waals surface area (Å²) in [6, 6.07) is 0. The van der Waals surface area contributed by atoms with Crippen LogP contribution in [0, 0.1) is 0 Å². The highest BCUT2D eigenvalue weighted by Gasteiger charge is 2.06. The molecule has 3 heteroatoms. The van der Waals surface area contributed by atoms with Crippen LogP contribution in [0.15, 0.2) is 12.2 Å². The summed E-state index contributed by atoms with van der Waals surface area (Å²) in [6.07, 6.45) is 21.6. The van der Waals surface area contributed by atoms with Crippen molar-refractivity contribution < 1.29 is 14.6 Å². The highest BCUT2D eigenvalue weighted by molar-refractivity contribution is 5.69. The number of carbonyl (C=O) groups is 1. The van der Waals surface area contributed by atoms with Gasteiger partial charge in [-0.15, -0.1) is 0 Å². The molecule has 3 nitrogen and oxygen atoms in total. The topological polar surface area (TPSA) is 46.5 Å². The van der Waals surface area contributed by atoms with E-state index in [-0.39, 0.29) is 12.6 Å². The molecule has 1 unspecified atom stereocenters. The first-order valence-corrected chi connectivity index (χ1v) is 10.7. The maximum Gasteiger partial charge on any atom is 0.305 e. The molecule has 25 heavy (non-hydrogen) atoms. The van der Waals surface area contributed by atoms with Crippen LogP contribution in [0.3, 0.4) is 0 Å². The molecule has 0 saturated heterocycles. The third-order valence-electron chi connectivity index (χ3n) is 4.55. The number of carbonyl (C=O) groups excluding carboxylic acids is 1. The number of ether oxygens (including phenoxy) is 1. The summed E-state index contributed by atoms with van der Waals surface area (Å²) in [6.45, 7) is 4.28. The Balaban J connectivity index is 3.22. The third-order valence-corrected chi connectivity index (χ3v) is 4.55. The number of aliphatic hydroxyl groups is 1. The molecule has 0 aliphatic carbocycles. The van der Waals surface area contributed by atoms with Crippen molar-refractivity contribution in [3.05, 3.63) is 12.2 Å². The van der Waals surface area contributed by atoms with Crippen molar-refractivity contribution in [2.75, 3.05) is 6.61 Å². The molecule has 0 radical (unpaired) electrons. The van der Waals surface area contributed by atoms with Gasteiger partial charge in [0.05, 0.1) is 6.10 Å². The highest BCUT2D eigenvalue weighted by atomic mass is 16.5. The first-order chi connectivity index (χ1) is 12.2. The van der Waals surface area contributed by atoms with Crippen molar-refractivity contribution in [3.63, 3.8) is 0 Å². The third kappa shape index (κ3) is 19.3. The second-order valence-electron chi connectivity index (χ2n) is 7.08. The molecule has 0 aliphatic heterocycles. The fourth-order valence-electron chi connectivity index (χ4n) is 2.72. The Morgan fingerprint density at radius 1 is 0.840 bits per heavy atom. The number of esters is 1. The van der Waals surface area contributed by atoms with Crippen LogP contribution in [0.5, 0.6) is 0 Å². The Kier molecular flexibility index (Phi) is 18.8. The van der Waals surface area contributed by atoms with E-state index in [1.807, 2.05) is 6.92 Å². The number of allylic oxidation sites excluding steroid dienone is 2. The van der Waals surface area contributed by atoms with Crippen molar-refractivity contribution in [1.29, 1.82) is 0 Å². The first-order valence-electron chi connectivity index (χ1n) is 10.7. The number of aliphatic hydroxyl groups excluding tert-OH is 1. The molecule has 0 aromatic heterocycles. The summed E-state index contributed by atoms with van der Waals surface area (Å²) in [4.78, 5) is 11.5. The Morgan fingerprint density at radius 2 is 1.36 bits per heavy atom. The molecule has 1 atom stereocenters. The zero-order chi connectivity index (χ0) is 18.6. The quantitative estimate of drug-likeness (QED) is 0.177. The standard InChI is InChI=1S/C22H42O3/c1-3-5-6-7-8-9-10-11-12-13-14-15-16-17-18-19-22(24)25-20-21(23)4-2/h11-12,21,23H,3-10,13-20H2,1-2H3/b12-11-. The first kappa shape index (κ1) is 24.2. The van der Waals surface area contributed by atoms with E-state index in [0.717, 1.165) is 12.8 Å². The maximum atomic E-state index is 11.5. The van der Waals surface area contributed by atoms with Crippen LogP contribution >= 0.6 is 0 Å². The maximum absolute atomic E-state index is 11.5. The van der Waals surface area contributed by atoms with Crippen LogP contribution in [-0.2, 0) is 9.53 Å². The molecule has 0 aliphatic rings. The molecule has 0 aromatic carbocycles. The van der Waals surface area contributed by atoms with Crippen molar-refractivity contribution in [2.24, 2.45) is 0 Å². The van der Waals surface area contributed by atoms with Crippen LogP contribution in [0.2, 0.25) is 0 Å². The summed E-state index contributed by atoms with van der Waals surface area (Å²) in [7, 11) is 0. The fourth-order valence-corrected chi connectivity index (χ4v) is 2.72. The second kappa shape index (κ2) is 19.5. The van der Waals surface area contributed by atoms with E-state index in [1.54, 1.807) is 0 Å². The molecule has 0 aromatic rings. The summed E-state index contributed by atoms with van der Waals surface area (Å²) in [5.41, 5.74) is 0. The van der Waals surface area contributed by atoms with Gasteiger partial charge in [0.1, 0.15) is 6.61 Å². The van der Waals surface area contributed by atoms with Gasteiger partial charge in [-0.3, -0.25) is 4.79 Å². The van der Waals surface area contributed by atoms with Crippen LogP contribution < -0.4 is 0 Å². The summed E-state index contributed by atoms with van der Waals surface area (Å²) in [5, 5.41) is 9.33. The van der Waals surface area contributed by atoms with E-state index in [4.69, 9.17) is 4.74 Å². The molecule has 148 valence electrons. The molecular weight excluding hydrogens is 312 g/mol. The Hall–Kier alpha value is -0.830. The Morgan fingerprint density at radius 3 is 1.92 bits per heavy atom. The van der Waals surface area contributed by atoms with E-state index in [2.05, 4.69) is 19.1 Å². The van der Waals surface area contributed by atoms with Gasteiger partial charge < -0.3 is 9.84 Å². The zero-order valence-corrected chi connectivity index (χ0v) is 16.8. The molecule has 0 saturated carbocycles. The molecule has 0 rings (SSSR count). The zero-order valence-electron chi connectivity index (χ0n) is 16.8. The Labute approximate surface area is 156 Å². The van der Waals surface area contributed by atoms with Crippen LogP contribution in [0.1, 0.15) is 110 Å². The lowest BCUT2D eigenvalue weighted by molar-refractivity contribution is -0.146. The summed E-state index contributed by atoms with van der Waals surface area (Å²) < 4.78 is 5.02. The number of hydrogen-bond donors (Lipinski definition) is 1. The minimum absolute atomic E-state index is 0.139. The molecule has 0 amide bonds. The van der Waals surface area contributed by atoms with Gasteiger partial charge in [-0.05, 0) is 38.5 Å². The predicted molar refractivity (Wildman–Crippen MR) is 107 cm³/mol. The normalized spacial score (nSPS) is 12.6. The van der Waals surface area contributed by atoms with Gasteiger partial charge in [-0.1, -0.05) is 77.4 Å². The second-order valence-corrected chi connectivity index (χ2v) is 7.08. The van der Waals surface area contributed by atoms with Crippen LogP contribution in [-0.4, -0.2) is 23.8 Å². The summed E-state index contributed by atoms with van der Waals surface area (Å²) >= 11 is 0. The molecule has 0 heterocycles. The summed E-state index contributed by atoms with van der Waals surface area (Å²) in [5.74, 6) is -0.176. The number of unbranched alkanes of at least 4 members (excludes halogenated alkanes) is 11. The number of rotatable bonds is 18. The van der Waals surface area contributed by atoms with E-state index in [0.29, 0.717) is 12.8 Å². The highest BCUT2D eigenvalue weighted by Crippen LogP contribution is 2.10. The average molecular weight is 355 g/mol. The molecule has 1 N–H and O–H groups in total. The van der Waals surface area contributed by atoms with E-state index in [9.17, 15) is 9.90 Å². The fraction of sp³-hybridized carbons (Fsp3) is 0.864. The van der Waals surface area contributed by atoms with Gasteiger partial charge in [0.15, 0.2) is 0 Å². The van der Waals surface area contributed by atoms with Crippen molar-refractivity contribution in [1.82, 2.24) is 0 Å². The number of hydrogen-bond acceptors (Lipinski definition) is 3. The molecule has 0 spiro atoms. The Bertz CT molecular complexity index is 312. The SMILES string of the molecule is CCCCCCCC/C=C\CCCCCCCC(=O)OCC(O)CC. The lowest BCUT2D eigenvalue weighted by atomic mass is 10.1. The van der Waals surface area contributed by atoms with E-state index in [1.165, 1.54) is 70.6 Å². The lowest BCUT2D eigenvalue weighted by Crippen LogP contribution is -2.17. The van der Waals surface area contributed by atoms with Gasteiger partial charge in [-0.25, -0.2) is 0 Å². The van der Waals surface area contributed by atoms with Crippen molar-refractivity contribution in [3.8, 4) is 0 Å². The smallest absolute Gasteiger partial charge is 0.305 e. The van der Waals surface area contributed by atoms with Gasteiger partial charge in [0.2, 0.25) is 0 Å². The van der Waals surface area contributed by atoms with Gasteiger partial charge in [0, 0.05) is 6.42 Å². The minimum atomic E-state index is -0.516. The molecule has 0 fully saturated rings. The minimum Gasteiger partial charge on any atom is -0.463 e. The molecular formula is C22H42O3. The molecule has 0 bridgehead atoms. The lowest BCUT2D eigenvalue weighted by Gasteiger charge is -2.08. The average Bonchev–Trinajstić information content (AvgIpc) is 2.62. The van der Waals surface area contributed by atoms with E-state index < -0.39 is 6.10 Å². The van der Waals surface area contributed by atoms with Crippen LogP contribution in [0.4, 0.5) is 0 Å². The van der Waals surface area contributed by atoms with Gasteiger partial charge >= 0.3 is 5.97 Å².